The predicted octanol–water partition coefficient (Wildman–Crippen LogP) is 3.39. The Morgan fingerprint density at radius 1 is 1.29 bits per heavy atom. The number of hydrogen-bond donors (Lipinski definition) is 1. The van der Waals surface area contributed by atoms with Gasteiger partial charge >= 0.3 is 6.18 Å². The molecule has 0 aliphatic heterocycles. The van der Waals surface area contributed by atoms with Gasteiger partial charge in [0.25, 0.3) is 0 Å². The minimum atomic E-state index is -4.30. The highest BCUT2D eigenvalue weighted by Crippen LogP contribution is 2.37. The summed E-state index contributed by atoms with van der Waals surface area (Å²) in [6.45, 7) is 1.73. The summed E-state index contributed by atoms with van der Waals surface area (Å²) >= 11 is 0. The van der Waals surface area contributed by atoms with Gasteiger partial charge in [0.05, 0.1) is 5.92 Å². The maximum atomic E-state index is 13.0. The van der Waals surface area contributed by atoms with E-state index in [0.717, 1.165) is 6.07 Å². The minimum absolute atomic E-state index is 0.0505. The molecule has 1 aromatic carbocycles. The summed E-state index contributed by atoms with van der Waals surface area (Å²) in [7, 11) is 1.60. The van der Waals surface area contributed by atoms with Gasteiger partial charge in [0.15, 0.2) is 0 Å². The highest BCUT2D eigenvalue weighted by Gasteiger charge is 2.40. The Balaban J connectivity index is 3.00. The van der Waals surface area contributed by atoms with Crippen LogP contribution in [0.2, 0.25) is 0 Å². The number of alkyl halides is 3. The Hall–Kier alpha value is -1.10. The zero-order valence-electron chi connectivity index (χ0n) is 9.74. The molecule has 0 bridgehead atoms. The highest BCUT2D eigenvalue weighted by atomic mass is 19.4. The number of rotatable bonds is 4. The second-order valence-corrected chi connectivity index (χ2v) is 4.00. The standard InChI is InChI=1S/C12H15F4N/c1-8-7-9(3-4-11(8)13)10(5-6-17-2)12(14,15)16/h3-4,7,10,17H,5-6H2,1-2H3. The molecular formula is C12H15F4N. The fraction of sp³-hybridized carbons (Fsp3) is 0.500. The molecule has 1 atom stereocenters. The van der Waals surface area contributed by atoms with Crippen molar-refractivity contribution in [2.24, 2.45) is 0 Å². The third-order valence-corrected chi connectivity index (χ3v) is 2.66. The van der Waals surface area contributed by atoms with Crippen LogP contribution in [0.25, 0.3) is 0 Å². The molecule has 1 nitrogen and oxygen atoms in total. The Bertz CT molecular complexity index is 373. The van der Waals surface area contributed by atoms with E-state index in [1.54, 1.807) is 7.05 Å². The van der Waals surface area contributed by atoms with Crippen molar-refractivity contribution < 1.29 is 17.6 Å². The molecule has 0 saturated heterocycles. The highest BCUT2D eigenvalue weighted by molar-refractivity contribution is 5.27. The van der Waals surface area contributed by atoms with Gasteiger partial charge in [-0.2, -0.15) is 13.2 Å². The lowest BCUT2D eigenvalue weighted by atomic mass is 9.93. The zero-order valence-corrected chi connectivity index (χ0v) is 9.74. The third kappa shape index (κ3) is 3.70. The minimum Gasteiger partial charge on any atom is -0.320 e. The van der Waals surface area contributed by atoms with Gasteiger partial charge < -0.3 is 5.32 Å². The van der Waals surface area contributed by atoms with Crippen molar-refractivity contribution in [3.63, 3.8) is 0 Å². The fourth-order valence-corrected chi connectivity index (χ4v) is 1.69. The zero-order chi connectivity index (χ0) is 13.1. The summed E-state index contributed by atoms with van der Waals surface area (Å²) in [5.41, 5.74) is 0.354. The van der Waals surface area contributed by atoms with Crippen molar-refractivity contribution in [1.29, 1.82) is 0 Å². The Kier molecular flexibility index (Phi) is 4.51. The molecule has 0 aliphatic carbocycles. The number of nitrogens with one attached hydrogen (secondary N) is 1. The Morgan fingerprint density at radius 3 is 2.41 bits per heavy atom. The molecule has 5 heteroatoms. The van der Waals surface area contributed by atoms with Crippen LogP contribution >= 0.6 is 0 Å². The summed E-state index contributed by atoms with van der Waals surface area (Å²) in [4.78, 5) is 0. The van der Waals surface area contributed by atoms with Crippen molar-refractivity contribution >= 4 is 0 Å². The van der Waals surface area contributed by atoms with Crippen LogP contribution < -0.4 is 5.32 Å². The van der Waals surface area contributed by atoms with Crippen LogP contribution in [0.5, 0.6) is 0 Å². The average molecular weight is 249 g/mol. The average Bonchev–Trinajstić information content (AvgIpc) is 2.22. The van der Waals surface area contributed by atoms with E-state index in [9.17, 15) is 17.6 Å². The number of aryl methyl sites for hydroxylation is 1. The molecule has 0 amide bonds. The molecule has 1 unspecified atom stereocenters. The summed E-state index contributed by atoms with van der Waals surface area (Å²) in [6, 6.07) is 3.56. The van der Waals surface area contributed by atoms with Crippen LogP contribution in [0.4, 0.5) is 17.6 Å². The summed E-state index contributed by atoms with van der Waals surface area (Å²) in [5, 5.41) is 2.69. The topological polar surface area (TPSA) is 12.0 Å². The van der Waals surface area contributed by atoms with E-state index in [4.69, 9.17) is 0 Å². The second-order valence-electron chi connectivity index (χ2n) is 4.00. The largest absolute Gasteiger partial charge is 0.395 e. The molecule has 96 valence electrons. The summed E-state index contributed by atoms with van der Waals surface area (Å²) in [6.07, 6.45) is -4.35. The van der Waals surface area contributed by atoms with Crippen molar-refractivity contribution in [2.45, 2.75) is 25.4 Å². The van der Waals surface area contributed by atoms with E-state index in [2.05, 4.69) is 5.32 Å². The van der Waals surface area contributed by atoms with Crippen molar-refractivity contribution in [1.82, 2.24) is 5.32 Å². The molecule has 0 radical (unpaired) electrons. The van der Waals surface area contributed by atoms with Crippen LogP contribution in [0.1, 0.15) is 23.5 Å². The first kappa shape index (κ1) is 14.0. The van der Waals surface area contributed by atoms with E-state index >= 15 is 0 Å². The Morgan fingerprint density at radius 2 is 1.94 bits per heavy atom. The normalized spacial score (nSPS) is 13.8. The lowest BCUT2D eigenvalue weighted by molar-refractivity contribution is -0.151. The number of halogens is 4. The van der Waals surface area contributed by atoms with Gasteiger partial charge in [0.2, 0.25) is 0 Å². The van der Waals surface area contributed by atoms with Gasteiger partial charge in [0.1, 0.15) is 5.82 Å². The molecule has 0 aliphatic rings. The van der Waals surface area contributed by atoms with Gasteiger partial charge in [-0.25, -0.2) is 4.39 Å². The lowest BCUT2D eigenvalue weighted by Crippen LogP contribution is -2.24. The summed E-state index contributed by atoms with van der Waals surface area (Å²) < 4.78 is 51.5. The van der Waals surface area contributed by atoms with Crippen LogP contribution in [0.3, 0.4) is 0 Å². The van der Waals surface area contributed by atoms with E-state index in [-0.39, 0.29) is 24.1 Å². The fourth-order valence-electron chi connectivity index (χ4n) is 1.69. The van der Waals surface area contributed by atoms with Crippen molar-refractivity contribution in [3.05, 3.63) is 35.1 Å². The maximum absolute atomic E-state index is 13.0. The van der Waals surface area contributed by atoms with Gasteiger partial charge in [-0.15, -0.1) is 0 Å². The van der Waals surface area contributed by atoms with Crippen molar-refractivity contribution in [2.75, 3.05) is 13.6 Å². The molecule has 0 aromatic heterocycles. The molecule has 0 spiro atoms. The van der Waals surface area contributed by atoms with Crippen molar-refractivity contribution in [3.8, 4) is 0 Å². The first-order valence-corrected chi connectivity index (χ1v) is 5.33. The molecule has 1 rings (SSSR count). The van der Waals surface area contributed by atoms with E-state index < -0.39 is 17.9 Å². The Labute approximate surface area is 97.8 Å². The van der Waals surface area contributed by atoms with Gasteiger partial charge in [-0.1, -0.05) is 12.1 Å². The van der Waals surface area contributed by atoms with Crippen LogP contribution in [0.15, 0.2) is 18.2 Å². The molecule has 1 N–H and O–H groups in total. The van der Waals surface area contributed by atoms with E-state index in [1.807, 2.05) is 0 Å². The second kappa shape index (κ2) is 5.49. The molecule has 1 aromatic rings. The van der Waals surface area contributed by atoms with Gasteiger partial charge in [-0.3, -0.25) is 0 Å². The van der Waals surface area contributed by atoms with Crippen LogP contribution in [-0.2, 0) is 0 Å². The first-order chi connectivity index (χ1) is 7.86. The van der Waals surface area contributed by atoms with Gasteiger partial charge in [0, 0.05) is 0 Å². The maximum Gasteiger partial charge on any atom is 0.395 e. The smallest absolute Gasteiger partial charge is 0.320 e. The molecule has 0 fully saturated rings. The first-order valence-electron chi connectivity index (χ1n) is 5.33. The van der Waals surface area contributed by atoms with Crippen LogP contribution in [-0.4, -0.2) is 19.8 Å². The number of benzene rings is 1. The van der Waals surface area contributed by atoms with E-state index in [1.165, 1.54) is 19.1 Å². The third-order valence-electron chi connectivity index (χ3n) is 2.66. The molecule has 17 heavy (non-hydrogen) atoms. The monoisotopic (exact) mass is 249 g/mol. The number of hydrogen-bond acceptors (Lipinski definition) is 1. The lowest BCUT2D eigenvalue weighted by Gasteiger charge is -2.21. The van der Waals surface area contributed by atoms with Crippen LogP contribution in [0, 0.1) is 12.7 Å². The SMILES string of the molecule is CNCCC(c1ccc(F)c(C)c1)C(F)(F)F. The summed E-state index contributed by atoms with van der Waals surface area (Å²) in [5.74, 6) is -2.03. The molecule has 0 saturated carbocycles. The molecular weight excluding hydrogens is 234 g/mol. The molecule has 0 heterocycles. The predicted molar refractivity (Wildman–Crippen MR) is 58.5 cm³/mol. The van der Waals surface area contributed by atoms with E-state index in [0.29, 0.717) is 0 Å². The quantitative estimate of drug-likeness (QED) is 0.806. The van der Waals surface area contributed by atoms with Gasteiger partial charge in [-0.05, 0) is 44.1 Å².